The Morgan fingerprint density at radius 2 is 1.54 bits per heavy atom. The molecule has 0 aromatic heterocycles. The van der Waals surface area contributed by atoms with Crippen LogP contribution in [0.5, 0.6) is 0 Å². The van der Waals surface area contributed by atoms with Gasteiger partial charge in [-0.3, -0.25) is 0 Å². The van der Waals surface area contributed by atoms with Gasteiger partial charge in [0.25, 0.3) is 9.05 Å². The highest BCUT2D eigenvalue weighted by atomic mass is 35.7. The average molecular weight is 261 g/mol. The number of benzene rings is 1. The van der Waals surface area contributed by atoms with Gasteiger partial charge in [-0.15, -0.1) is 0 Å². The Hall–Kier alpha value is -0.160. The van der Waals surface area contributed by atoms with Gasteiger partial charge >= 0.3 is 0 Å². The molecule has 0 fully saturated rings. The summed E-state index contributed by atoms with van der Waals surface area (Å²) >= 11 is 11.2. The van der Waals surface area contributed by atoms with Crippen LogP contribution in [0.2, 0.25) is 10.0 Å². The van der Waals surface area contributed by atoms with Crippen LogP contribution < -0.4 is 5.73 Å². The molecule has 0 aliphatic heterocycles. The first-order chi connectivity index (χ1) is 5.82. The Balaban J connectivity index is 3.57. The molecule has 0 radical (unpaired) electrons. The Kier molecular flexibility index (Phi) is 2.97. The van der Waals surface area contributed by atoms with E-state index in [1.54, 1.807) is 0 Å². The third-order valence-electron chi connectivity index (χ3n) is 1.26. The fourth-order valence-corrected chi connectivity index (χ4v) is 3.25. The molecule has 0 heterocycles. The Bertz CT molecular complexity index is 420. The number of halogens is 3. The molecule has 1 aromatic rings. The van der Waals surface area contributed by atoms with Crippen molar-refractivity contribution < 1.29 is 8.42 Å². The van der Waals surface area contributed by atoms with E-state index in [2.05, 4.69) is 0 Å². The van der Waals surface area contributed by atoms with Gasteiger partial charge in [0.05, 0.1) is 10.0 Å². The maximum atomic E-state index is 10.9. The second-order valence-electron chi connectivity index (χ2n) is 2.25. The van der Waals surface area contributed by atoms with Crippen LogP contribution in [0.15, 0.2) is 17.0 Å². The van der Waals surface area contributed by atoms with Gasteiger partial charge in [0.2, 0.25) is 0 Å². The zero-order chi connectivity index (χ0) is 10.2. The molecule has 0 saturated carbocycles. The third-order valence-corrected chi connectivity index (χ3v) is 3.48. The van der Waals surface area contributed by atoms with E-state index in [1.807, 2.05) is 0 Å². The minimum Gasteiger partial charge on any atom is -0.399 e. The third kappa shape index (κ3) is 2.40. The fourth-order valence-electron chi connectivity index (χ4n) is 0.812. The quantitative estimate of drug-likeness (QED) is 0.623. The van der Waals surface area contributed by atoms with Crippen molar-refractivity contribution in [1.82, 2.24) is 0 Å². The Labute approximate surface area is 89.8 Å². The van der Waals surface area contributed by atoms with Gasteiger partial charge in [-0.1, -0.05) is 23.2 Å². The molecule has 0 aliphatic carbocycles. The van der Waals surface area contributed by atoms with Gasteiger partial charge in [-0.05, 0) is 12.1 Å². The van der Waals surface area contributed by atoms with E-state index in [0.717, 1.165) is 0 Å². The lowest BCUT2D eigenvalue weighted by molar-refractivity contribution is 0.609. The summed E-state index contributed by atoms with van der Waals surface area (Å²) in [5.41, 5.74) is 5.64. The molecule has 1 rings (SSSR count). The van der Waals surface area contributed by atoms with E-state index in [0.29, 0.717) is 0 Å². The number of rotatable bonds is 1. The summed E-state index contributed by atoms with van der Waals surface area (Å²) in [5.74, 6) is 0. The zero-order valence-electron chi connectivity index (χ0n) is 6.09. The zero-order valence-corrected chi connectivity index (χ0v) is 9.17. The predicted octanol–water partition coefficient (Wildman–Crippen LogP) is 2.50. The monoisotopic (exact) mass is 259 g/mol. The molecule has 13 heavy (non-hydrogen) atoms. The van der Waals surface area contributed by atoms with Gasteiger partial charge in [0.15, 0.2) is 0 Å². The Morgan fingerprint density at radius 1 is 1.15 bits per heavy atom. The summed E-state index contributed by atoms with van der Waals surface area (Å²) in [6.45, 7) is 0. The second kappa shape index (κ2) is 3.53. The summed E-state index contributed by atoms with van der Waals surface area (Å²) < 4.78 is 21.9. The molecule has 3 nitrogen and oxygen atoms in total. The summed E-state index contributed by atoms with van der Waals surface area (Å²) in [5, 5.41) is -0.167. The molecule has 0 bridgehead atoms. The highest BCUT2D eigenvalue weighted by Crippen LogP contribution is 2.33. The van der Waals surface area contributed by atoms with Crippen molar-refractivity contribution in [3.63, 3.8) is 0 Å². The maximum Gasteiger partial charge on any atom is 0.264 e. The van der Waals surface area contributed by atoms with E-state index in [-0.39, 0.29) is 20.6 Å². The maximum absolute atomic E-state index is 10.9. The molecule has 2 N–H and O–H groups in total. The number of nitrogens with two attached hydrogens (primary N) is 1. The van der Waals surface area contributed by atoms with Gasteiger partial charge in [-0.25, -0.2) is 8.42 Å². The lowest BCUT2D eigenvalue weighted by Gasteiger charge is -2.03. The van der Waals surface area contributed by atoms with E-state index in [4.69, 9.17) is 39.6 Å². The van der Waals surface area contributed by atoms with Crippen LogP contribution in [-0.4, -0.2) is 8.42 Å². The van der Waals surface area contributed by atoms with Crippen LogP contribution in [0, 0.1) is 0 Å². The van der Waals surface area contributed by atoms with E-state index >= 15 is 0 Å². The van der Waals surface area contributed by atoms with Crippen molar-refractivity contribution in [3.8, 4) is 0 Å². The van der Waals surface area contributed by atoms with Gasteiger partial charge in [0, 0.05) is 16.4 Å². The molecule has 7 heteroatoms. The van der Waals surface area contributed by atoms with Crippen molar-refractivity contribution in [2.45, 2.75) is 4.90 Å². The van der Waals surface area contributed by atoms with Crippen LogP contribution in [0.4, 0.5) is 5.69 Å². The molecule has 0 spiro atoms. The molecule has 0 amide bonds. The summed E-state index contributed by atoms with van der Waals surface area (Å²) in [4.78, 5) is -0.313. The van der Waals surface area contributed by atoms with E-state index in [1.165, 1.54) is 12.1 Å². The summed E-state index contributed by atoms with van der Waals surface area (Å²) in [7, 11) is 1.16. The van der Waals surface area contributed by atoms with E-state index in [9.17, 15) is 8.42 Å². The lowest BCUT2D eigenvalue weighted by atomic mass is 10.3. The minimum absolute atomic E-state index is 0.0833. The van der Waals surface area contributed by atoms with Crippen LogP contribution in [-0.2, 0) is 9.05 Å². The number of hydrogen-bond donors (Lipinski definition) is 1. The average Bonchev–Trinajstić information content (AvgIpc) is 1.78. The van der Waals surface area contributed by atoms with E-state index < -0.39 is 9.05 Å². The first kappa shape index (κ1) is 10.9. The van der Waals surface area contributed by atoms with Crippen molar-refractivity contribution >= 4 is 48.6 Å². The molecule has 0 aliphatic rings. The van der Waals surface area contributed by atoms with Gasteiger partial charge in [0.1, 0.15) is 4.90 Å². The minimum atomic E-state index is -3.93. The number of nitrogen functional groups attached to an aromatic ring is 1. The SMILES string of the molecule is Nc1cc(Cl)c(S(=O)(=O)Cl)c(Cl)c1. The number of hydrogen-bond acceptors (Lipinski definition) is 3. The molecule has 1 aromatic carbocycles. The van der Waals surface area contributed by atoms with Crippen molar-refractivity contribution in [2.24, 2.45) is 0 Å². The molecule has 0 saturated heterocycles. The predicted molar refractivity (Wildman–Crippen MR) is 53.9 cm³/mol. The van der Waals surface area contributed by atoms with Gasteiger partial charge in [-0.2, -0.15) is 0 Å². The second-order valence-corrected chi connectivity index (χ2v) is 5.57. The van der Waals surface area contributed by atoms with Crippen molar-refractivity contribution in [1.29, 1.82) is 0 Å². The molecule has 0 unspecified atom stereocenters. The van der Waals surface area contributed by atoms with Gasteiger partial charge < -0.3 is 5.73 Å². The summed E-state index contributed by atoms with van der Waals surface area (Å²) in [6.07, 6.45) is 0. The smallest absolute Gasteiger partial charge is 0.264 e. The normalized spacial score (nSPS) is 11.6. The van der Waals surface area contributed by atoms with Crippen LogP contribution in [0.1, 0.15) is 0 Å². The largest absolute Gasteiger partial charge is 0.399 e. The Morgan fingerprint density at radius 3 is 1.85 bits per heavy atom. The van der Waals surface area contributed by atoms with Crippen LogP contribution >= 0.6 is 33.9 Å². The first-order valence-corrected chi connectivity index (χ1v) is 6.08. The standard InChI is InChI=1S/C6H4Cl3NO2S/c7-4-1-3(10)2-5(8)6(4)13(9,11)12/h1-2H,10H2. The molecule has 0 atom stereocenters. The van der Waals surface area contributed by atoms with Crippen LogP contribution in [0.25, 0.3) is 0 Å². The molecular weight excluding hydrogens is 256 g/mol. The lowest BCUT2D eigenvalue weighted by Crippen LogP contribution is -1.95. The van der Waals surface area contributed by atoms with Crippen molar-refractivity contribution in [2.75, 3.05) is 5.73 Å². The van der Waals surface area contributed by atoms with Crippen LogP contribution in [0.3, 0.4) is 0 Å². The highest BCUT2D eigenvalue weighted by Gasteiger charge is 2.19. The first-order valence-electron chi connectivity index (χ1n) is 3.01. The summed E-state index contributed by atoms with van der Waals surface area (Å²) in [6, 6.07) is 2.53. The van der Waals surface area contributed by atoms with Crippen molar-refractivity contribution in [3.05, 3.63) is 22.2 Å². The number of anilines is 1. The highest BCUT2D eigenvalue weighted by molar-refractivity contribution is 8.14. The topological polar surface area (TPSA) is 60.2 Å². The fraction of sp³-hybridized carbons (Fsp3) is 0. The molecule has 72 valence electrons. The molecular formula is C6H4Cl3NO2S.